The number of benzene rings is 1. The molecule has 4 N–H and O–H groups in total. The van der Waals surface area contributed by atoms with Crippen LogP contribution in [0.15, 0.2) is 36.7 Å². The number of hydrogen-bond acceptors (Lipinski definition) is 5. The molecule has 1 fully saturated rings. The standard InChI is InChI=1S/C15H14F3N5O/c16-15(17,18)11-3-1-2-10(6-11)14(4-5-14)22-13-20-7-9(8-21-13)12(24)23-19/h1-3,6-8H,4-5,19H2,(H,23,24)(H,20,21,22). The number of nitrogen functional groups attached to an aromatic ring is 1. The van der Waals surface area contributed by atoms with Gasteiger partial charge in [0.1, 0.15) is 0 Å². The van der Waals surface area contributed by atoms with Gasteiger partial charge in [0.15, 0.2) is 0 Å². The quantitative estimate of drug-likeness (QED) is 0.452. The number of carbonyl (C=O) groups excluding carboxylic acids is 1. The van der Waals surface area contributed by atoms with Gasteiger partial charge in [-0.05, 0) is 30.5 Å². The summed E-state index contributed by atoms with van der Waals surface area (Å²) in [5, 5.41) is 3.06. The third kappa shape index (κ3) is 3.16. The molecular formula is C15H14F3N5O. The molecule has 0 saturated heterocycles. The van der Waals surface area contributed by atoms with Crippen molar-refractivity contribution < 1.29 is 18.0 Å². The second-order valence-electron chi connectivity index (χ2n) is 5.55. The first-order chi connectivity index (χ1) is 11.3. The number of amides is 1. The van der Waals surface area contributed by atoms with E-state index in [-0.39, 0.29) is 11.5 Å². The predicted molar refractivity (Wildman–Crippen MR) is 79.7 cm³/mol. The van der Waals surface area contributed by atoms with Gasteiger partial charge in [-0.2, -0.15) is 13.2 Å². The van der Waals surface area contributed by atoms with E-state index < -0.39 is 23.2 Å². The normalized spacial score (nSPS) is 15.7. The third-order valence-corrected chi connectivity index (χ3v) is 3.89. The number of aromatic nitrogens is 2. The van der Waals surface area contributed by atoms with E-state index in [1.807, 2.05) is 5.43 Å². The number of carbonyl (C=O) groups is 1. The van der Waals surface area contributed by atoms with Gasteiger partial charge < -0.3 is 5.32 Å². The van der Waals surface area contributed by atoms with Crippen LogP contribution in [0.2, 0.25) is 0 Å². The summed E-state index contributed by atoms with van der Waals surface area (Å²) >= 11 is 0. The molecule has 1 amide bonds. The number of nitrogens with two attached hydrogens (primary N) is 1. The molecule has 1 aliphatic carbocycles. The highest BCUT2D eigenvalue weighted by atomic mass is 19.4. The molecule has 126 valence electrons. The fourth-order valence-electron chi connectivity index (χ4n) is 2.41. The van der Waals surface area contributed by atoms with E-state index in [2.05, 4.69) is 15.3 Å². The molecule has 1 aromatic heterocycles. The Balaban J connectivity index is 1.81. The maximum absolute atomic E-state index is 12.9. The fraction of sp³-hybridized carbons (Fsp3) is 0.267. The van der Waals surface area contributed by atoms with Crippen molar-refractivity contribution in [3.63, 3.8) is 0 Å². The summed E-state index contributed by atoms with van der Waals surface area (Å²) in [6, 6.07) is 5.20. The number of nitrogens with zero attached hydrogens (tertiary/aromatic N) is 2. The van der Waals surface area contributed by atoms with E-state index in [4.69, 9.17) is 5.84 Å². The molecule has 2 aromatic rings. The Kier molecular flexibility index (Phi) is 3.88. The number of nitrogens with one attached hydrogen (secondary N) is 2. The molecule has 1 heterocycles. The highest BCUT2D eigenvalue weighted by Gasteiger charge is 2.46. The smallest absolute Gasteiger partial charge is 0.345 e. The molecule has 0 spiro atoms. The van der Waals surface area contributed by atoms with Crippen molar-refractivity contribution in [3.8, 4) is 0 Å². The summed E-state index contributed by atoms with van der Waals surface area (Å²) in [4.78, 5) is 19.3. The number of halogens is 3. The topological polar surface area (TPSA) is 92.9 Å². The zero-order chi connectivity index (χ0) is 17.4. The Bertz CT molecular complexity index is 756. The van der Waals surface area contributed by atoms with Gasteiger partial charge in [-0.1, -0.05) is 12.1 Å². The second-order valence-corrected chi connectivity index (χ2v) is 5.55. The van der Waals surface area contributed by atoms with Gasteiger partial charge in [-0.15, -0.1) is 0 Å². The van der Waals surface area contributed by atoms with Crippen molar-refractivity contribution in [1.82, 2.24) is 15.4 Å². The van der Waals surface area contributed by atoms with Crippen LogP contribution in [-0.2, 0) is 11.7 Å². The highest BCUT2D eigenvalue weighted by molar-refractivity contribution is 5.93. The van der Waals surface area contributed by atoms with Crippen LogP contribution in [0.25, 0.3) is 0 Å². The predicted octanol–water partition coefficient (Wildman–Crippen LogP) is 2.20. The van der Waals surface area contributed by atoms with E-state index in [9.17, 15) is 18.0 Å². The van der Waals surface area contributed by atoms with E-state index in [0.717, 1.165) is 12.1 Å². The lowest BCUT2D eigenvalue weighted by molar-refractivity contribution is -0.137. The minimum atomic E-state index is -4.39. The molecule has 0 unspecified atom stereocenters. The summed E-state index contributed by atoms with van der Waals surface area (Å²) in [6.45, 7) is 0. The van der Waals surface area contributed by atoms with Gasteiger partial charge in [-0.3, -0.25) is 10.2 Å². The van der Waals surface area contributed by atoms with Crippen LogP contribution >= 0.6 is 0 Å². The zero-order valence-corrected chi connectivity index (χ0v) is 12.4. The Morgan fingerprint density at radius 3 is 2.42 bits per heavy atom. The lowest BCUT2D eigenvalue weighted by Crippen LogP contribution is -2.30. The number of anilines is 1. The lowest BCUT2D eigenvalue weighted by atomic mass is 10.0. The van der Waals surface area contributed by atoms with Crippen molar-refractivity contribution in [2.45, 2.75) is 24.6 Å². The molecule has 0 radical (unpaired) electrons. The van der Waals surface area contributed by atoms with Gasteiger partial charge in [0, 0.05) is 12.4 Å². The lowest BCUT2D eigenvalue weighted by Gasteiger charge is -2.19. The maximum atomic E-state index is 12.9. The highest BCUT2D eigenvalue weighted by Crippen LogP contribution is 2.48. The molecular weight excluding hydrogens is 323 g/mol. The minimum absolute atomic E-state index is 0.187. The SMILES string of the molecule is NNC(=O)c1cnc(NC2(c3cccc(C(F)(F)F)c3)CC2)nc1. The Morgan fingerprint density at radius 1 is 1.21 bits per heavy atom. The second kappa shape index (κ2) is 5.75. The molecule has 9 heteroatoms. The zero-order valence-electron chi connectivity index (χ0n) is 12.4. The van der Waals surface area contributed by atoms with Crippen molar-refractivity contribution in [3.05, 3.63) is 53.3 Å². The van der Waals surface area contributed by atoms with Gasteiger partial charge >= 0.3 is 6.18 Å². The van der Waals surface area contributed by atoms with Crippen LogP contribution in [0.4, 0.5) is 19.1 Å². The average Bonchev–Trinajstić information content (AvgIpc) is 3.35. The maximum Gasteiger partial charge on any atom is 0.416 e. The van der Waals surface area contributed by atoms with Crippen molar-refractivity contribution in [1.29, 1.82) is 0 Å². The third-order valence-electron chi connectivity index (χ3n) is 3.89. The monoisotopic (exact) mass is 337 g/mol. The van der Waals surface area contributed by atoms with Gasteiger partial charge in [0.25, 0.3) is 5.91 Å². The molecule has 0 aliphatic heterocycles. The van der Waals surface area contributed by atoms with Crippen molar-refractivity contribution in [2.24, 2.45) is 5.84 Å². The Morgan fingerprint density at radius 2 is 1.88 bits per heavy atom. The van der Waals surface area contributed by atoms with Crippen LogP contribution in [0, 0.1) is 0 Å². The molecule has 0 atom stereocenters. The van der Waals surface area contributed by atoms with E-state index in [0.29, 0.717) is 18.4 Å². The van der Waals surface area contributed by atoms with Crippen LogP contribution in [0.3, 0.4) is 0 Å². The summed E-state index contributed by atoms with van der Waals surface area (Å²) in [5.74, 6) is 4.72. The van der Waals surface area contributed by atoms with Crippen LogP contribution < -0.4 is 16.6 Å². The van der Waals surface area contributed by atoms with E-state index >= 15 is 0 Å². The number of rotatable bonds is 4. The number of hydrazine groups is 1. The summed E-state index contributed by atoms with van der Waals surface area (Å²) in [5.41, 5.74) is 1.38. The first kappa shape index (κ1) is 16.2. The first-order valence-corrected chi connectivity index (χ1v) is 7.13. The van der Waals surface area contributed by atoms with Crippen LogP contribution in [0.5, 0.6) is 0 Å². The first-order valence-electron chi connectivity index (χ1n) is 7.13. The van der Waals surface area contributed by atoms with Gasteiger partial charge in [-0.25, -0.2) is 15.8 Å². The minimum Gasteiger partial charge on any atom is -0.345 e. The van der Waals surface area contributed by atoms with Gasteiger partial charge in [0.2, 0.25) is 5.95 Å². The van der Waals surface area contributed by atoms with Gasteiger partial charge in [0.05, 0.1) is 16.7 Å². The Labute approximate surface area is 135 Å². The summed E-state index contributed by atoms with van der Waals surface area (Å²) < 4.78 is 38.6. The van der Waals surface area contributed by atoms with Crippen LogP contribution in [0.1, 0.15) is 34.3 Å². The molecule has 1 saturated carbocycles. The Hall–Kier alpha value is -2.68. The van der Waals surface area contributed by atoms with E-state index in [1.54, 1.807) is 6.07 Å². The van der Waals surface area contributed by atoms with Crippen LogP contribution in [-0.4, -0.2) is 15.9 Å². The molecule has 3 rings (SSSR count). The number of alkyl halides is 3. The van der Waals surface area contributed by atoms with Crippen molar-refractivity contribution in [2.75, 3.05) is 5.32 Å². The fourth-order valence-corrected chi connectivity index (χ4v) is 2.41. The molecule has 1 aliphatic rings. The largest absolute Gasteiger partial charge is 0.416 e. The molecule has 0 bridgehead atoms. The average molecular weight is 337 g/mol. The summed E-state index contributed by atoms with van der Waals surface area (Å²) in [6.07, 6.45) is -0.468. The molecule has 6 nitrogen and oxygen atoms in total. The molecule has 24 heavy (non-hydrogen) atoms. The van der Waals surface area contributed by atoms with E-state index in [1.165, 1.54) is 18.5 Å². The van der Waals surface area contributed by atoms with Crippen molar-refractivity contribution >= 4 is 11.9 Å². The number of hydrogen-bond donors (Lipinski definition) is 3. The summed E-state index contributed by atoms with van der Waals surface area (Å²) in [7, 11) is 0. The molecule has 1 aromatic carbocycles.